The Morgan fingerprint density at radius 3 is 2.50 bits per heavy atom. The molecule has 9 heteroatoms. The van der Waals surface area contributed by atoms with Crippen molar-refractivity contribution < 1.29 is 17.6 Å². The average molecular weight is 463 g/mol. The molecule has 1 aromatic carbocycles. The summed E-state index contributed by atoms with van der Waals surface area (Å²) in [6.45, 7) is 7.46. The van der Waals surface area contributed by atoms with E-state index in [9.17, 15) is 17.6 Å². The molecule has 2 heterocycles. The van der Waals surface area contributed by atoms with Crippen LogP contribution in [0.1, 0.15) is 36.1 Å². The number of pyridine rings is 1. The number of carbonyl (C=O) groups is 1. The van der Waals surface area contributed by atoms with E-state index >= 15 is 0 Å². The summed E-state index contributed by atoms with van der Waals surface area (Å²) in [5.74, 6) is -0.256. The number of Topliss-reactive ketones (excluding diaryl/α,β-unsaturated/α-hetero) is 1. The fraction of sp³-hybridized carbons (Fsp3) is 0.478. The SMILES string of the molecule is Cc1ccc(CCC(=O)C(C)c2ccc(NS(C)(=O)=O)c(F)c2)c(N2CCN(C)CC2)n1. The van der Waals surface area contributed by atoms with E-state index in [1.54, 1.807) is 13.0 Å². The molecule has 174 valence electrons. The van der Waals surface area contributed by atoms with Crippen molar-refractivity contribution in [2.75, 3.05) is 49.1 Å². The summed E-state index contributed by atoms with van der Waals surface area (Å²) in [6, 6.07) is 8.16. The third-order valence-corrected chi connectivity index (χ3v) is 6.40. The van der Waals surface area contributed by atoms with Crippen molar-refractivity contribution in [3.8, 4) is 0 Å². The topological polar surface area (TPSA) is 82.6 Å². The van der Waals surface area contributed by atoms with E-state index in [1.165, 1.54) is 12.1 Å². The summed E-state index contributed by atoms with van der Waals surface area (Å²) >= 11 is 0. The summed E-state index contributed by atoms with van der Waals surface area (Å²) in [5, 5.41) is 0. The zero-order valence-corrected chi connectivity index (χ0v) is 19.9. The molecule has 7 nitrogen and oxygen atoms in total. The quantitative estimate of drug-likeness (QED) is 0.650. The van der Waals surface area contributed by atoms with Crippen molar-refractivity contribution >= 4 is 27.3 Å². The molecule has 0 saturated carbocycles. The zero-order valence-electron chi connectivity index (χ0n) is 19.1. The van der Waals surface area contributed by atoms with Crippen molar-refractivity contribution in [1.29, 1.82) is 0 Å². The van der Waals surface area contributed by atoms with Gasteiger partial charge < -0.3 is 9.80 Å². The Morgan fingerprint density at radius 2 is 1.88 bits per heavy atom. The summed E-state index contributed by atoms with van der Waals surface area (Å²) in [6.07, 6.45) is 1.84. The Balaban J connectivity index is 1.69. The molecular weight excluding hydrogens is 431 g/mol. The van der Waals surface area contributed by atoms with E-state index in [0.717, 1.165) is 49.5 Å². The normalized spacial score (nSPS) is 16.1. The highest BCUT2D eigenvalue weighted by molar-refractivity contribution is 7.92. The van der Waals surface area contributed by atoms with Crippen LogP contribution >= 0.6 is 0 Å². The molecule has 32 heavy (non-hydrogen) atoms. The van der Waals surface area contributed by atoms with Crippen LogP contribution in [0.25, 0.3) is 0 Å². The number of nitrogens with zero attached hydrogens (tertiary/aromatic N) is 3. The van der Waals surface area contributed by atoms with Gasteiger partial charge >= 0.3 is 0 Å². The lowest BCUT2D eigenvalue weighted by atomic mass is 9.92. The zero-order chi connectivity index (χ0) is 23.5. The fourth-order valence-corrected chi connectivity index (χ4v) is 4.37. The van der Waals surface area contributed by atoms with Crippen molar-refractivity contribution in [2.45, 2.75) is 32.6 Å². The number of carbonyl (C=O) groups excluding carboxylic acids is 1. The summed E-state index contributed by atoms with van der Waals surface area (Å²) in [5.41, 5.74) is 2.38. The van der Waals surface area contributed by atoms with Crippen LogP contribution in [0.5, 0.6) is 0 Å². The Labute approximate surface area is 189 Å². The number of aromatic nitrogens is 1. The molecule has 1 unspecified atom stereocenters. The second kappa shape index (κ2) is 9.95. The van der Waals surface area contributed by atoms with E-state index in [4.69, 9.17) is 4.98 Å². The number of benzene rings is 1. The van der Waals surface area contributed by atoms with Gasteiger partial charge in [0.2, 0.25) is 10.0 Å². The summed E-state index contributed by atoms with van der Waals surface area (Å²) < 4.78 is 39.1. The maximum atomic E-state index is 14.3. The van der Waals surface area contributed by atoms with Gasteiger partial charge in [0.25, 0.3) is 0 Å². The van der Waals surface area contributed by atoms with Crippen LogP contribution in [-0.2, 0) is 21.2 Å². The van der Waals surface area contributed by atoms with Gasteiger partial charge in [0.05, 0.1) is 11.9 Å². The van der Waals surface area contributed by atoms with Crippen LogP contribution in [0.2, 0.25) is 0 Å². The number of halogens is 1. The molecule has 0 aliphatic carbocycles. The first-order chi connectivity index (χ1) is 15.0. The van der Waals surface area contributed by atoms with E-state index in [0.29, 0.717) is 18.4 Å². The predicted molar refractivity (Wildman–Crippen MR) is 125 cm³/mol. The van der Waals surface area contributed by atoms with E-state index in [1.807, 2.05) is 19.1 Å². The Morgan fingerprint density at radius 1 is 1.19 bits per heavy atom. The largest absolute Gasteiger partial charge is 0.354 e. The van der Waals surface area contributed by atoms with Crippen LogP contribution in [0.3, 0.4) is 0 Å². The maximum Gasteiger partial charge on any atom is 0.229 e. The third kappa shape index (κ3) is 6.26. The van der Waals surface area contributed by atoms with Crippen LogP contribution < -0.4 is 9.62 Å². The van der Waals surface area contributed by atoms with Gasteiger partial charge in [-0.25, -0.2) is 17.8 Å². The molecule has 0 spiro atoms. The molecule has 0 amide bonds. The highest BCUT2D eigenvalue weighted by Gasteiger charge is 2.21. The molecule has 1 aromatic heterocycles. The van der Waals surface area contributed by atoms with E-state index in [2.05, 4.69) is 21.6 Å². The number of nitrogens with one attached hydrogen (secondary N) is 1. The smallest absolute Gasteiger partial charge is 0.229 e. The first-order valence-corrected chi connectivity index (χ1v) is 12.6. The van der Waals surface area contributed by atoms with Crippen molar-refractivity contribution in [1.82, 2.24) is 9.88 Å². The van der Waals surface area contributed by atoms with Gasteiger partial charge in [-0.2, -0.15) is 0 Å². The number of piperazine rings is 1. The summed E-state index contributed by atoms with van der Waals surface area (Å²) in [7, 11) is -1.47. The predicted octanol–water partition coefficient (Wildman–Crippen LogP) is 2.96. The standard InChI is InChI=1S/C23H31FN4O3S/c1-16-5-6-18(23(25-16)28-13-11-27(3)12-14-28)8-10-22(29)17(2)19-7-9-21(20(24)15-19)26-32(4,30)31/h5-7,9,15,17,26H,8,10-14H2,1-4H3. The molecule has 0 radical (unpaired) electrons. The number of likely N-dealkylation sites (N-methyl/N-ethyl adjacent to an activating group) is 1. The number of anilines is 2. The first-order valence-electron chi connectivity index (χ1n) is 10.7. The molecule has 1 N–H and O–H groups in total. The lowest BCUT2D eigenvalue weighted by Crippen LogP contribution is -2.45. The Hall–Kier alpha value is -2.52. The van der Waals surface area contributed by atoms with Gasteiger partial charge in [-0.1, -0.05) is 19.1 Å². The minimum absolute atomic E-state index is 0.00174. The number of aryl methyl sites for hydroxylation is 2. The van der Waals surface area contributed by atoms with Gasteiger partial charge in [-0.15, -0.1) is 0 Å². The van der Waals surface area contributed by atoms with Crippen molar-refractivity contribution in [3.05, 3.63) is 53.0 Å². The van der Waals surface area contributed by atoms with Gasteiger partial charge in [0.1, 0.15) is 17.4 Å². The van der Waals surface area contributed by atoms with Crippen LogP contribution in [0.15, 0.2) is 30.3 Å². The number of rotatable bonds is 8. The second-order valence-electron chi connectivity index (χ2n) is 8.53. The minimum atomic E-state index is -3.58. The van der Waals surface area contributed by atoms with Gasteiger partial charge in [-0.3, -0.25) is 9.52 Å². The molecule has 1 saturated heterocycles. The lowest BCUT2D eigenvalue weighted by Gasteiger charge is -2.34. The molecule has 0 bridgehead atoms. The first kappa shape index (κ1) is 24.1. The Kier molecular flexibility index (Phi) is 7.51. The number of ketones is 1. The van der Waals surface area contributed by atoms with Gasteiger partial charge in [0, 0.05) is 44.2 Å². The lowest BCUT2D eigenvalue weighted by molar-refractivity contribution is -0.120. The molecular formula is C23H31FN4O3S. The van der Waals surface area contributed by atoms with Gasteiger partial charge in [0.15, 0.2) is 0 Å². The van der Waals surface area contributed by atoms with Crippen LogP contribution in [-0.4, -0.2) is 63.6 Å². The van der Waals surface area contributed by atoms with Crippen LogP contribution in [0.4, 0.5) is 15.9 Å². The monoisotopic (exact) mass is 462 g/mol. The highest BCUT2D eigenvalue weighted by atomic mass is 32.2. The number of hydrogen-bond donors (Lipinski definition) is 1. The Bertz CT molecular complexity index is 1080. The molecule has 1 aliphatic rings. The molecule has 1 fully saturated rings. The summed E-state index contributed by atoms with van der Waals surface area (Å²) in [4.78, 5) is 22.2. The minimum Gasteiger partial charge on any atom is -0.354 e. The second-order valence-corrected chi connectivity index (χ2v) is 10.3. The molecule has 1 atom stereocenters. The molecule has 1 aliphatic heterocycles. The van der Waals surface area contributed by atoms with E-state index < -0.39 is 21.8 Å². The highest BCUT2D eigenvalue weighted by Crippen LogP contribution is 2.26. The van der Waals surface area contributed by atoms with Crippen molar-refractivity contribution in [2.24, 2.45) is 0 Å². The third-order valence-electron chi connectivity index (χ3n) is 5.81. The van der Waals surface area contributed by atoms with E-state index in [-0.39, 0.29) is 11.5 Å². The fourth-order valence-electron chi connectivity index (χ4n) is 3.80. The van der Waals surface area contributed by atoms with Gasteiger partial charge in [-0.05, 0) is 49.7 Å². The maximum absolute atomic E-state index is 14.3. The number of sulfonamides is 1. The molecule has 2 aromatic rings. The van der Waals surface area contributed by atoms with Crippen molar-refractivity contribution in [3.63, 3.8) is 0 Å². The van der Waals surface area contributed by atoms with Crippen LogP contribution in [0, 0.1) is 12.7 Å². The molecule has 3 rings (SSSR count). The average Bonchev–Trinajstić information content (AvgIpc) is 2.73. The number of hydrogen-bond acceptors (Lipinski definition) is 6.